The first-order chi connectivity index (χ1) is 9.35. The molecule has 0 aliphatic heterocycles. The van der Waals surface area contributed by atoms with Gasteiger partial charge in [0.1, 0.15) is 19.0 Å². The van der Waals surface area contributed by atoms with E-state index in [1.165, 1.54) is 13.8 Å². The quantitative estimate of drug-likeness (QED) is 0.806. The lowest BCUT2D eigenvalue weighted by atomic mass is 9.89. The van der Waals surface area contributed by atoms with Crippen LogP contribution in [-0.4, -0.2) is 30.3 Å². The number of amides is 1. The normalized spacial score (nSPS) is 10.9. The molecule has 0 radical (unpaired) electrons. The SMILES string of the molecule is CC(C)(CC(=O)Nc1cccc(OCCF)c1)C(=O)O. The third kappa shape index (κ3) is 4.87. The molecule has 0 spiro atoms. The number of alkyl halides is 1. The van der Waals surface area contributed by atoms with Gasteiger partial charge in [0, 0.05) is 18.2 Å². The van der Waals surface area contributed by atoms with Gasteiger partial charge in [-0.15, -0.1) is 0 Å². The maximum atomic E-state index is 12.0. The predicted molar refractivity (Wildman–Crippen MR) is 72.6 cm³/mol. The van der Waals surface area contributed by atoms with E-state index < -0.39 is 24.0 Å². The first-order valence-electron chi connectivity index (χ1n) is 6.17. The molecule has 0 bridgehead atoms. The Labute approximate surface area is 116 Å². The molecule has 5 nitrogen and oxygen atoms in total. The molecule has 110 valence electrons. The molecule has 0 fully saturated rings. The highest BCUT2D eigenvalue weighted by Gasteiger charge is 2.30. The monoisotopic (exact) mass is 283 g/mol. The van der Waals surface area contributed by atoms with Gasteiger partial charge in [0.25, 0.3) is 0 Å². The molecule has 0 saturated carbocycles. The molecule has 2 N–H and O–H groups in total. The van der Waals surface area contributed by atoms with E-state index in [9.17, 15) is 14.0 Å². The Morgan fingerprint density at radius 3 is 2.70 bits per heavy atom. The van der Waals surface area contributed by atoms with Gasteiger partial charge in [-0.2, -0.15) is 0 Å². The number of aliphatic carboxylic acids is 1. The van der Waals surface area contributed by atoms with E-state index in [1.807, 2.05) is 0 Å². The molecule has 1 rings (SSSR count). The summed E-state index contributed by atoms with van der Waals surface area (Å²) >= 11 is 0. The Morgan fingerprint density at radius 1 is 1.40 bits per heavy atom. The molecule has 0 atom stereocenters. The molecule has 20 heavy (non-hydrogen) atoms. The molecule has 1 aromatic rings. The number of hydrogen-bond donors (Lipinski definition) is 2. The van der Waals surface area contributed by atoms with Crippen molar-refractivity contribution in [3.63, 3.8) is 0 Å². The number of carbonyl (C=O) groups excluding carboxylic acids is 1. The molecule has 0 aliphatic rings. The Kier molecular flexibility index (Phi) is 5.49. The van der Waals surface area contributed by atoms with Crippen molar-refractivity contribution in [1.29, 1.82) is 0 Å². The maximum absolute atomic E-state index is 12.0. The minimum Gasteiger partial charge on any atom is -0.491 e. The molecule has 1 amide bonds. The summed E-state index contributed by atoms with van der Waals surface area (Å²) in [5, 5.41) is 11.6. The zero-order valence-electron chi connectivity index (χ0n) is 11.5. The van der Waals surface area contributed by atoms with E-state index in [-0.39, 0.29) is 13.0 Å². The van der Waals surface area contributed by atoms with Gasteiger partial charge >= 0.3 is 5.97 Å². The fourth-order valence-electron chi connectivity index (χ4n) is 1.50. The van der Waals surface area contributed by atoms with Crippen molar-refractivity contribution >= 4 is 17.6 Å². The molecule has 0 aliphatic carbocycles. The van der Waals surface area contributed by atoms with Crippen molar-refractivity contribution in [2.45, 2.75) is 20.3 Å². The van der Waals surface area contributed by atoms with Crippen molar-refractivity contribution in [3.8, 4) is 5.75 Å². The third-order valence-electron chi connectivity index (χ3n) is 2.65. The smallest absolute Gasteiger partial charge is 0.309 e. The Hall–Kier alpha value is -2.11. The van der Waals surface area contributed by atoms with Crippen LogP contribution in [-0.2, 0) is 9.59 Å². The van der Waals surface area contributed by atoms with Crippen molar-refractivity contribution in [2.24, 2.45) is 5.41 Å². The van der Waals surface area contributed by atoms with Gasteiger partial charge in [-0.3, -0.25) is 9.59 Å². The highest BCUT2D eigenvalue weighted by Crippen LogP contribution is 2.22. The Bertz CT molecular complexity index is 488. The summed E-state index contributed by atoms with van der Waals surface area (Å²) in [4.78, 5) is 22.7. The van der Waals surface area contributed by atoms with Crippen molar-refractivity contribution in [3.05, 3.63) is 24.3 Å². The first kappa shape index (κ1) is 15.9. The maximum Gasteiger partial charge on any atom is 0.309 e. The number of carboxylic acids is 1. The second kappa shape index (κ2) is 6.88. The van der Waals surface area contributed by atoms with Crippen LogP contribution in [0.3, 0.4) is 0 Å². The lowest BCUT2D eigenvalue weighted by Gasteiger charge is -2.18. The van der Waals surface area contributed by atoms with Crippen LogP contribution in [0.5, 0.6) is 5.75 Å². The summed E-state index contributed by atoms with van der Waals surface area (Å²) in [6.07, 6.45) is -0.141. The van der Waals surface area contributed by atoms with Gasteiger partial charge in [-0.05, 0) is 26.0 Å². The van der Waals surface area contributed by atoms with E-state index in [2.05, 4.69) is 5.32 Å². The zero-order chi connectivity index (χ0) is 15.2. The molecule has 1 aromatic carbocycles. The number of rotatable bonds is 7. The molecular weight excluding hydrogens is 265 g/mol. The van der Waals surface area contributed by atoms with E-state index in [0.717, 1.165) is 0 Å². The molecule has 0 unspecified atom stereocenters. The average Bonchev–Trinajstić information content (AvgIpc) is 2.35. The van der Waals surface area contributed by atoms with Crippen LogP contribution in [0.2, 0.25) is 0 Å². The van der Waals surface area contributed by atoms with Gasteiger partial charge in [0.2, 0.25) is 5.91 Å². The minimum absolute atomic E-state index is 0.0521. The van der Waals surface area contributed by atoms with Gasteiger partial charge < -0.3 is 15.2 Å². The summed E-state index contributed by atoms with van der Waals surface area (Å²) < 4.78 is 17.1. The molecule has 6 heteroatoms. The number of carboxylic acid groups (broad SMARTS) is 1. The van der Waals surface area contributed by atoms with Crippen LogP contribution in [0, 0.1) is 5.41 Å². The van der Waals surface area contributed by atoms with Crippen LogP contribution in [0.25, 0.3) is 0 Å². The van der Waals surface area contributed by atoms with Crippen molar-refractivity contribution < 1.29 is 23.8 Å². The first-order valence-corrected chi connectivity index (χ1v) is 6.17. The lowest BCUT2D eigenvalue weighted by molar-refractivity contribution is -0.148. The largest absolute Gasteiger partial charge is 0.491 e. The standard InChI is InChI=1S/C14H18FNO4/c1-14(2,13(18)19)9-12(17)16-10-4-3-5-11(8-10)20-7-6-15/h3-5,8H,6-7,9H2,1-2H3,(H,16,17)(H,18,19). The van der Waals surface area contributed by atoms with Gasteiger partial charge in [-0.1, -0.05) is 6.07 Å². The number of hydrogen-bond acceptors (Lipinski definition) is 3. The molecule has 0 saturated heterocycles. The van der Waals surface area contributed by atoms with E-state index in [4.69, 9.17) is 9.84 Å². The van der Waals surface area contributed by atoms with E-state index in [1.54, 1.807) is 24.3 Å². The summed E-state index contributed by atoms with van der Waals surface area (Å²) in [6, 6.07) is 6.51. The number of halogens is 1. The fraction of sp³-hybridized carbons (Fsp3) is 0.429. The van der Waals surface area contributed by atoms with E-state index in [0.29, 0.717) is 11.4 Å². The number of ether oxygens (including phenoxy) is 1. The van der Waals surface area contributed by atoms with Gasteiger partial charge in [0.15, 0.2) is 0 Å². The number of benzene rings is 1. The summed E-state index contributed by atoms with van der Waals surface area (Å²) in [7, 11) is 0. The van der Waals surface area contributed by atoms with Crippen LogP contribution >= 0.6 is 0 Å². The summed E-state index contributed by atoms with van der Waals surface area (Å²) in [6.45, 7) is 2.32. The number of anilines is 1. The van der Waals surface area contributed by atoms with Crippen molar-refractivity contribution in [1.82, 2.24) is 0 Å². The topological polar surface area (TPSA) is 75.6 Å². The van der Waals surface area contributed by atoms with E-state index >= 15 is 0 Å². The third-order valence-corrected chi connectivity index (χ3v) is 2.65. The minimum atomic E-state index is -1.13. The predicted octanol–water partition coefficient (Wildman–Crippen LogP) is 2.47. The van der Waals surface area contributed by atoms with Crippen LogP contribution < -0.4 is 10.1 Å². The molecule has 0 aromatic heterocycles. The summed E-state index contributed by atoms with van der Waals surface area (Å²) in [5.41, 5.74) is -0.653. The highest BCUT2D eigenvalue weighted by molar-refractivity contribution is 5.94. The molecular formula is C14H18FNO4. The average molecular weight is 283 g/mol. The Balaban J connectivity index is 2.64. The van der Waals surface area contributed by atoms with Crippen LogP contribution in [0.15, 0.2) is 24.3 Å². The Morgan fingerprint density at radius 2 is 2.10 bits per heavy atom. The summed E-state index contributed by atoms with van der Waals surface area (Å²) in [5.74, 6) is -0.995. The van der Waals surface area contributed by atoms with Gasteiger partial charge in [-0.25, -0.2) is 4.39 Å². The molecule has 0 heterocycles. The van der Waals surface area contributed by atoms with Crippen LogP contribution in [0.1, 0.15) is 20.3 Å². The second-order valence-corrected chi connectivity index (χ2v) is 4.98. The highest BCUT2D eigenvalue weighted by atomic mass is 19.1. The van der Waals surface area contributed by atoms with Gasteiger partial charge in [0.05, 0.1) is 5.41 Å². The fourth-order valence-corrected chi connectivity index (χ4v) is 1.50. The zero-order valence-corrected chi connectivity index (χ0v) is 11.5. The van der Waals surface area contributed by atoms with Crippen LogP contribution in [0.4, 0.5) is 10.1 Å². The second-order valence-electron chi connectivity index (χ2n) is 4.98. The lowest BCUT2D eigenvalue weighted by Crippen LogP contribution is -2.29. The van der Waals surface area contributed by atoms with Crippen molar-refractivity contribution in [2.75, 3.05) is 18.6 Å². The number of carbonyl (C=O) groups is 2. The number of nitrogens with one attached hydrogen (secondary N) is 1.